The average Bonchev–Trinajstić information content (AvgIpc) is 3.28. The van der Waals surface area contributed by atoms with Gasteiger partial charge in [-0.1, -0.05) is 23.7 Å². The van der Waals surface area contributed by atoms with E-state index < -0.39 is 0 Å². The first-order valence-corrected chi connectivity index (χ1v) is 6.98. The summed E-state index contributed by atoms with van der Waals surface area (Å²) >= 11 is 5.83. The minimum Gasteiger partial charge on any atom is -0.457 e. The number of Topliss-reactive ketones (excluding diaryl/α,β-unsaturated/α-hetero) is 1. The molecule has 2 aliphatic carbocycles. The molecule has 0 aliphatic heterocycles. The van der Waals surface area contributed by atoms with E-state index in [9.17, 15) is 9.59 Å². The molecular weight excluding hydrogens is 264 g/mol. The average molecular weight is 279 g/mol. The van der Waals surface area contributed by atoms with E-state index in [4.69, 9.17) is 16.3 Å². The summed E-state index contributed by atoms with van der Waals surface area (Å²) in [4.78, 5) is 23.3. The van der Waals surface area contributed by atoms with Crippen molar-refractivity contribution in [3.8, 4) is 0 Å². The summed E-state index contributed by atoms with van der Waals surface area (Å²) in [6, 6.07) is 7.54. The molecule has 1 aromatic rings. The molecule has 0 unspecified atom stereocenters. The molecule has 100 valence electrons. The Morgan fingerprint density at radius 3 is 2.53 bits per heavy atom. The number of hydrogen-bond acceptors (Lipinski definition) is 3. The predicted molar refractivity (Wildman–Crippen MR) is 71.0 cm³/mol. The third-order valence-corrected chi connectivity index (χ3v) is 4.03. The van der Waals surface area contributed by atoms with Crippen LogP contribution < -0.4 is 0 Å². The van der Waals surface area contributed by atoms with Gasteiger partial charge in [-0.2, -0.15) is 0 Å². The molecule has 0 radical (unpaired) electrons. The molecule has 0 bridgehead atoms. The first kappa shape index (κ1) is 12.7. The molecule has 3 rings (SSSR count). The number of carbonyl (C=O) groups excluding carboxylic acids is 2. The fourth-order valence-corrected chi connectivity index (χ4v) is 2.43. The summed E-state index contributed by atoms with van der Waals surface area (Å²) in [7, 11) is 0. The number of carbonyl (C=O) groups is 2. The van der Waals surface area contributed by atoms with E-state index in [1.165, 1.54) is 0 Å². The molecule has 2 aliphatic rings. The van der Waals surface area contributed by atoms with Crippen molar-refractivity contribution >= 4 is 23.4 Å². The number of ether oxygens (including phenoxy) is 1. The minimum atomic E-state index is -0.242. The van der Waals surface area contributed by atoms with Crippen LogP contribution in [0, 0.1) is 11.8 Å². The summed E-state index contributed by atoms with van der Waals surface area (Å²) in [5.41, 5.74) is 1.11. The van der Waals surface area contributed by atoms with Crippen molar-refractivity contribution in [2.24, 2.45) is 11.8 Å². The third-order valence-electron chi connectivity index (χ3n) is 3.78. The zero-order valence-corrected chi connectivity index (χ0v) is 11.2. The van der Waals surface area contributed by atoms with Gasteiger partial charge < -0.3 is 4.74 Å². The van der Waals surface area contributed by atoms with E-state index in [1.54, 1.807) is 0 Å². The highest BCUT2D eigenvalue weighted by Gasteiger charge is 2.45. The standard InChI is InChI=1S/C15H15ClO3/c16-11-5-3-9(4-6-11)12-7-13(12)15(18)19-8-14(17)10-1-2-10/h3-6,10,12-13H,1-2,7-8H2/t12-,13-/m0/s1. The molecule has 4 heteroatoms. The lowest BCUT2D eigenvalue weighted by Crippen LogP contribution is -2.16. The minimum absolute atomic E-state index is 0.0483. The van der Waals surface area contributed by atoms with Gasteiger partial charge in [-0.15, -0.1) is 0 Å². The fourth-order valence-electron chi connectivity index (χ4n) is 2.31. The maximum atomic E-state index is 11.8. The second-order valence-electron chi connectivity index (χ2n) is 5.35. The molecule has 0 N–H and O–H groups in total. The summed E-state index contributed by atoms with van der Waals surface area (Å²) in [5.74, 6) is 0.110. The summed E-state index contributed by atoms with van der Waals surface area (Å²) < 4.78 is 5.09. The van der Waals surface area contributed by atoms with Crippen molar-refractivity contribution in [1.82, 2.24) is 0 Å². The van der Waals surface area contributed by atoms with Gasteiger partial charge in [-0.05, 0) is 42.9 Å². The highest BCUT2D eigenvalue weighted by molar-refractivity contribution is 6.30. The van der Waals surface area contributed by atoms with Gasteiger partial charge in [0.25, 0.3) is 0 Å². The summed E-state index contributed by atoms with van der Waals surface area (Å²) in [5, 5.41) is 0.693. The predicted octanol–water partition coefficient (Wildman–Crippen LogP) is 2.97. The molecule has 0 heterocycles. The van der Waals surface area contributed by atoms with Gasteiger partial charge in [0.15, 0.2) is 5.78 Å². The van der Waals surface area contributed by atoms with Crippen LogP contribution in [0.1, 0.15) is 30.7 Å². The van der Waals surface area contributed by atoms with Crippen LogP contribution in [0.25, 0.3) is 0 Å². The molecule has 0 aromatic heterocycles. The van der Waals surface area contributed by atoms with E-state index in [0.29, 0.717) is 5.02 Å². The van der Waals surface area contributed by atoms with Gasteiger partial charge >= 0.3 is 5.97 Å². The Labute approximate surface area is 116 Å². The maximum absolute atomic E-state index is 11.8. The van der Waals surface area contributed by atoms with Crippen LogP contribution in [0.3, 0.4) is 0 Å². The van der Waals surface area contributed by atoms with Crippen LogP contribution in [0.5, 0.6) is 0 Å². The summed E-state index contributed by atoms with van der Waals surface area (Å²) in [6.45, 7) is -0.0483. The second-order valence-corrected chi connectivity index (χ2v) is 5.78. The van der Waals surface area contributed by atoms with Crippen molar-refractivity contribution in [2.75, 3.05) is 6.61 Å². The molecule has 3 nitrogen and oxygen atoms in total. The van der Waals surface area contributed by atoms with Crippen LogP contribution in [0.4, 0.5) is 0 Å². The normalized spacial score (nSPS) is 24.9. The summed E-state index contributed by atoms with van der Waals surface area (Å²) in [6.07, 6.45) is 2.71. The molecule has 0 spiro atoms. The van der Waals surface area contributed by atoms with Crippen molar-refractivity contribution < 1.29 is 14.3 Å². The Morgan fingerprint density at radius 2 is 1.89 bits per heavy atom. The first-order valence-electron chi connectivity index (χ1n) is 6.60. The molecule has 0 amide bonds. The van der Waals surface area contributed by atoms with Crippen LogP contribution in [0.15, 0.2) is 24.3 Å². The topological polar surface area (TPSA) is 43.4 Å². The van der Waals surface area contributed by atoms with Gasteiger partial charge in [-0.3, -0.25) is 9.59 Å². The van der Waals surface area contributed by atoms with Crippen LogP contribution in [-0.2, 0) is 14.3 Å². The third kappa shape index (κ3) is 2.98. The Bertz CT molecular complexity index is 505. The van der Waals surface area contributed by atoms with Crippen LogP contribution in [-0.4, -0.2) is 18.4 Å². The van der Waals surface area contributed by atoms with Gasteiger partial charge in [0.2, 0.25) is 0 Å². The van der Waals surface area contributed by atoms with Crippen molar-refractivity contribution in [3.05, 3.63) is 34.9 Å². The lowest BCUT2D eigenvalue weighted by atomic mass is 10.1. The van der Waals surface area contributed by atoms with E-state index in [2.05, 4.69) is 0 Å². The maximum Gasteiger partial charge on any atom is 0.310 e. The Kier molecular flexibility index (Phi) is 3.31. The molecular formula is C15H15ClO3. The Morgan fingerprint density at radius 1 is 1.21 bits per heavy atom. The molecule has 2 fully saturated rings. The van der Waals surface area contributed by atoms with Crippen LogP contribution in [0.2, 0.25) is 5.02 Å². The van der Waals surface area contributed by atoms with Crippen molar-refractivity contribution in [2.45, 2.75) is 25.2 Å². The first-order chi connectivity index (χ1) is 9.15. The smallest absolute Gasteiger partial charge is 0.310 e. The lowest BCUT2D eigenvalue weighted by Gasteiger charge is -2.03. The number of ketones is 1. The quantitative estimate of drug-likeness (QED) is 0.778. The molecule has 1 aromatic carbocycles. The number of hydrogen-bond donors (Lipinski definition) is 0. The number of esters is 1. The highest BCUT2D eigenvalue weighted by atomic mass is 35.5. The SMILES string of the molecule is O=C(COC(=O)[C@H]1C[C@H]1c1ccc(Cl)cc1)C1CC1. The monoisotopic (exact) mass is 278 g/mol. The van der Waals surface area contributed by atoms with Gasteiger partial charge in [0.1, 0.15) is 6.61 Å². The Hall–Kier alpha value is -1.35. The van der Waals surface area contributed by atoms with Crippen molar-refractivity contribution in [3.63, 3.8) is 0 Å². The van der Waals surface area contributed by atoms with E-state index >= 15 is 0 Å². The number of halogens is 1. The highest BCUT2D eigenvalue weighted by Crippen LogP contribution is 2.48. The molecule has 2 saturated carbocycles. The van der Waals surface area contributed by atoms with E-state index in [-0.39, 0.29) is 36.1 Å². The van der Waals surface area contributed by atoms with Crippen LogP contribution >= 0.6 is 11.6 Å². The van der Waals surface area contributed by atoms with E-state index in [0.717, 1.165) is 24.8 Å². The molecule has 19 heavy (non-hydrogen) atoms. The Balaban J connectivity index is 1.49. The van der Waals surface area contributed by atoms with E-state index in [1.807, 2.05) is 24.3 Å². The zero-order chi connectivity index (χ0) is 13.4. The van der Waals surface area contributed by atoms with Gasteiger partial charge in [0.05, 0.1) is 5.92 Å². The van der Waals surface area contributed by atoms with Gasteiger partial charge in [-0.25, -0.2) is 0 Å². The lowest BCUT2D eigenvalue weighted by molar-refractivity contribution is -0.149. The van der Waals surface area contributed by atoms with Crippen molar-refractivity contribution in [1.29, 1.82) is 0 Å². The fraction of sp³-hybridized carbons (Fsp3) is 0.467. The molecule has 0 saturated heterocycles. The number of rotatable bonds is 5. The molecule has 2 atom stereocenters. The van der Waals surface area contributed by atoms with Gasteiger partial charge in [0, 0.05) is 10.9 Å². The number of benzene rings is 1. The largest absolute Gasteiger partial charge is 0.457 e. The second kappa shape index (κ2) is 4.97. The zero-order valence-electron chi connectivity index (χ0n) is 10.5.